The predicted octanol–water partition coefficient (Wildman–Crippen LogP) is 4.77. The molecule has 1 aromatic carbocycles. The molecule has 2 aliphatic heterocycles. The molecule has 264 valence electrons. The van der Waals surface area contributed by atoms with Gasteiger partial charge in [0, 0.05) is 69.2 Å². The van der Waals surface area contributed by atoms with Crippen molar-refractivity contribution in [2.75, 3.05) is 26.4 Å². The third kappa shape index (κ3) is 9.89. The van der Waals surface area contributed by atoms with Crippen LogP contribution in [0, 0.1) is 17.8 Å². The van der Waals surface area contributed by atoms with Gasteiger partial charge < -0.3 is 30.2 Å². The number of hydrogen-bond donors (Lipinski definition) is 3. The topological polar surface area (TPSA) is 154 Å². The molecule has 1 saturated heterocycles. The Labute approximate surface area is 292 Å². The number of carbonyl (C=O) groups is 4. The van der Waals surface area contributed by atoms with Crippen molar-refractivity contribution in [2.45, 2.75) is 83.2 Å². The summed E-state index contributed by atoms with van der Waals surface area (Å²) in [6.45, 7) is 3.72. The van der Waals surface area contributed by atoms with Crippen molar-refractivity contribution in [3.8, 4) is 5.75 Å². The van der Waals surface area contributed by atoms with Crippen molar-refractivity contribution in [3.63, 3.8) is 0 Å². The van der Waals surface area contributed by atoms with E-state index >= 15 is 0 Å². The summed E-state index contributed by atoms with van der Waals surface area (Å²) in [5, 5.41) is 6.81. The summed E-state index contributed by atoms with van der Waals surface area (Å²) in [6, 6.07) is 10.2. The van der Waals surface area contributed by atoms with E-state index in [1.807, 2.05) is 24.3 Å². The van der Waals surface area contributed by atoms with E-state index in [1.165, 1.54) is 0 Å². The first kappa shape index (κ1) is 36.5. The van der Waals surface area contributed by atoms with E-state index in [9.17, 15) is 19.2 Å². The lowest BCUT2D eigenvalue weighted by molar-refractivity contribution is -0.136. The molecule has 0 bridgehead atoms. The monoisotopic (exact) mass is 693 g/mol. The fourth-order valence-electron chi connectivity index (χ4n) is 6.84. The highest BCUT2D eigenvalue weighted by molar-refractivity contribution is 6.30. The largest absolute Gasteiger partial charge is 0.493 e. The van der Waals surface area contributed by atoms with Gasteiger partial charge in [-0.25, -0.2) is 4.98 Å². The van der Waals surface area contributed by atoms with E-state index in [0.29, 0.717) is 81.3 Å². The van der Waals surface area contributed by atoms with Crippen LogP contribution >= 0.6 is 11.6 Å². The highest BCUT2D eigenvalue weighted by Gasteiger charge is 2.36. The van der Waals surface area contributed by atoms with Crippen LogP contribution in [0.25, 0.3) is 5.65 Å². The Morgan fingerprint density at radius 2 is 1.78 bits per heavy atom. The minimum absolute atomic E-state index is 0.0185. The maximum absolute atomic E-state index is 14.2. The van der Waals surface area contributed by atoms with Gasteiger partial charge in [0.2, 0.25) is 11.8 Å². The summed E-state index contributed by atoms with van der Waals surface area (Å²) in [6.07, 6.45) is 7.85. The second kappa shape index (κ2) is 17.7. The Morgan fingerprint density at radius 1 is 0.980 bits per heavy atom. The molecule has 2 aromatic heterocycles. The molecule has 2 aliphatic rings. The van der Waals surface area contributed by atoms with Crippen LogP contribution in [0.1, 0.15) is 82.0 Å². The smallest absolute Gasteiger partial charge is 0.224 e. The number of fused-ring (bicyclic) bond motifs is 2. The number of unbranched alkanes of at least 4 members (excludes halogenated alkanes) is 1. The Balaban J connectivity index is 1.34. The maximum Gasteiger partial charge on any atom is 0.224 e. The number of para-hydroxylation sites is 1. The van der Waals surface area contributed by atoms with E-state index in [2.05, 4.69) is 15.6 Å². The normalized spacial score (nSPS) is 18.1. The lowest BCUT2D eigenvalue weighted by Gasteiger charge is -2.32. The number of halogens is 1. The third-order valence-corrected chi connectivity index (χ3v) is 9.87. The van der Waals surface area contributed by atoms with Gasteiger partial charge in [0.25, 0.3) is 0 Å². The van der Waals surface area contributed by atoms with E-state index in [-0.39, 0.29) is 54.6 Å². The summed E-state index contributed by atoms with van der Waals surface area (Å²) in [4.78, 5) is 59.4. The maximum atomic E-state index is 14.2. The lowest BCUT2D eigenvalue weighted by atomic mass is 9.83. The molecule has 0 unspecified atom stereocenters. The van der Waals surface area contributed by atoms with Crippen LogP contribution in [0.15, 0.2) is 48.8 Å². The molecule has 1 fully saturated rings. The number of nitrogens with one attached hydrogen (secondary N) is 2. The number of hydrogen-bond acceptors (Lipinski definition) is 8. The highest BCUT2D eigenvalue weighted by Crippen LogP contribution is 2.32. The fraction of sp³-hybridized carbons (Fsp3) is 0.541. The van der Waals surface area contributed by atoms with Crippen molar-refractivity contribution in [2.24, 2.45) is 23.5 Å². The summed E-state index contributed by atoms with van der Waals surface area (Å²) in [5.41, 5.74) is 8.02. The molecular formula is C37H48ClN5O6. The number of Topliss-reactive ketones (excluding diaryl/α,β-unsaturated/α-hetero) is 2. The van der Waals surface area contributed by atoms with E-state index in [4.69, 9.17) is 26.8 Å². The van der Waals surface area contributed by atoms with E-state index in [0.717, 1.165) is 17.7 Å². The van der Waals surface area contributed by atoms with Gasteiger partial charge in [-0.3, -0.25) is 19.2 Å². The number of ether oxygens (including phenoxy) is 2. The van der Waals surface area contributed by atoms with Crippen LogP contribution in [0.2, 0.25) is 5.02 Å². The quantitative estimate of drug-likeness (QED) is 0.171. The Morgan fingerprint density at radius 3 is 2.55 bits per heavy atom. The van der Waals surface area contributed by atoms with Crippen LogP contribution in [0.4, 0.5) is 0 Å². The number of imidazole rings is 1. The van der Waals surface area contributed by atoms with Crippen LogP contribution in [0.5, 0.6) is 5.75 Å². The molecule has 4 atom stereocenters. The van der Waals surface area contributed by atoms with Crippen molar-refractivity contribution in [3.05, 3.63) is 65.1 Å². The molecule has 2 amide bonds. The number of amides is 2. The third-order valence-electron chi connectivity index (χ3n) is 9.64. The van der Waals surface area contributed by atoms with Gasteiger partial charge in [-0.1, -0.05) is 43.1 Å². The average molecular weight is 694 g/mol. The van der Waals surface area contributed by atoms with Gasteiger partial charge in [0.15, 0.2) is 5.78 Å². The number of benzene rings is 1. The van der Waals surface area contributed by atoms with Crippen LogP contribution in [0.3, 0.4) is 0 Å². The molecule has 5 rings (SSSR count). The number of nitrogens with zero attached hydrogens (tertiary/aromatic N) is 2. The molecule has 3 aromatic rings. The molecule has 0 aliphatic carbocycles. The zero-order valence-corrected chi connectivity index (χ0v) is 29.0. The van der Waals surface area contributed by atoms with Gasteiger partial charge in [-0.2, -0.15) is 0 Å². The number of ketones is 2. The zero-order valence-electron chi connectivity index (χ0n) is 28.2. The first-order valence-electron chi connectivity index (χ1n) is 17.5. The molecule has 0 saturated carbocycles. The van der Waals surface area contributed by atoms with Crippen molar-refractivity contribution < 1.29 is 28.7 Å². The average Bonchev–Trinajstić information content (AvgIpc) is 3.51. The first-order chi connectivity index (χ1) is 23.7. The number of aromatic nitrogens is 2. The number of carbonyl (C=O) groups excluding carboxylic acids is 4. The van der Waals surface area contributed by atoms with Crippen LogP contribution in [-0.2, 0) is 30.3 Å². The molecule has 11 nitrogen and oxygen atoms in total. The Bertz CT molecular complexity index is 1600. The standard InChI is InChI=1S/C37H48ClN5O6/c1-2-29(44)20-26(19-28-23-43-22-27(38)10-11-34(43)40-28)37(47)42-35(24-12-16-48-17-13-24)32(45)21-25(7-5-6-15-39)36(46)41-31-14-18-49-33-9-4-3-8-30(31)33/h3-4,8-11,22-26,31,35H,2,5-7,12-21,39H2,1H3,(H,41,46)(H,42,47)/t25-,26-,31-,35+/m1/s1. The summed E-state index contributed by atoms with van der Waals surface area (Å²) >= 11 is 6.16. The van der Waals surface area contributed by atoms with Gasteiger partial charge in [-0.05, 0) is 56.3 Å². The first-order valence-corrected chi connectivity index (χ1v) is 17.9. The van der Waals surface area contributed by atoms with Gasteiger partial charge in [0.1, 0.15) is 17.2 Å². The summed E-state index contributed by atoms with van der Waals surface area (Å²) in [5.74, 6) is -1.51. The molecule has 4 N–H and O–H groups in total. The molecule has 0 radical (unpaired) electrons. The van der Waals surface area contributed by atoms with Crippen molar-refractivity contribution in [1.82, 2.24) is 20.0 Å². The van der Waals surface area contributed by atoms with Crippen LogP contribution in [-0.4, -0.2) is 65.2 Å². The molecule has 49 heavy (non-hydrogen) atoms. The number of rotatable bonds is 17. The fourth-order valence-corrected chi connectivity index (χ4v) is 7.01. The van der Waals surface area contributed by atoms with Gasteiger partial charge >= 0.3 is 0 Å². The summed E-state index contributed by atoms with van der Waals surface area (Å²) in [7, 11) is 0. The van der Waals surface area contributed by atoms with E-state index < -0.39 is 17.9 Å². The zero-order chi connectivity index (χ0) is 34.8. The minimum Gasteiger partial charge on any atom is -0.493 e. The Hall–Kier alpha value is -3.80. The highest BCUT2D eigenvalue weighted by atomic mass is 35.5. The van der Waals surface area contributed by atoms with E-state index in [1.54, 1.807) is 35.9 Å². The van der Waals surface area contributed by atoms with Gasteiger partial charge in [0.05, 0.1) is 35.3 Å². The predicted molar refractivity (Wildman–Crippen MR) is 186 cm³/mol. The van der Waals surface area contributed by atoms with Gasteiger partial charge in [-0.15, -0.1) is 0 Å². The molecule has 12 heteroatoms. The Kier molecular flexibility index (Phi) is 13.2. The van der Waals surface area contributed by atoms with Crippen LogP contribution < -0.4 is 21.1 Å². The molecular weight excluding hydrogens is 646 g/mol. The summed E-state index contributed by atoms with van der Waals surface area (Å²) < 4.78 is 13.2. The van der Waals surface area contributed by atoms with Crippen molar-refractivity contribution in [1.29, 1.82) is 0 Å². The minimum atomic E-state index is -0.816. The lowest BCUT2D eigenvalue weighted by Crippen LogP contribution is -2.50. The van der Waals surface area contributed by atoms with Crippen molar-refractivity contribution >= 4 is 40.6 Å². The second-order valence-corrected chi connectivity index (χ2v) is 13.6. The molecule has 0 spiro atoms. The number of nitrogens with two attached hydrogens (primary N) is 1. The SMILES string of the molecule is CCC(=O)C[C@@H](Cc1cn2cc(Cl)ccc2n1)C(=O)N[C@H](C(=O)C[C@@H](CCCCN)C(=O)N[C@@H]1CCOc2ccccc21)C1CCOCC1. The number of pyridine rings is 1. The molecule has 4 heterocycles. The second-order valence-electron chi connectivity index (χ2n) is 13.2.